The molecule has 0 bridgehead atoms. The van der Waals surface area contributed by atoms with E-state index in [9.17, 15) is 4.79 Å². The summed E-state index contributed by atoms with van der Waals surface area (Å²) < 4.78 is 15.3. The van der Waals surface area contributed by atoms with Crippen LogP contribution < -0.4 is 0 Å². The van der Waals surface area contributed by atoms with Gasteiger partial charge in [-0.05, 0) is 6.07 Å². The largest absolute Gasteiger partial charge is 0.465 e. The van der Waals surface area contributed by atoms with Crippen LogP contribution in [0, 0.1) is 0 Å². The van der Waals surface area contributed by atoms with Gasteiger partial charge in [0, 0.05) is 12.5 Å². The molecule has 0 amide bonds. The summed E-state index contributed by atoms with van der Waals surface area (Å²) in [4.78, 5) is 11.5. The summed E-state index contributed by atoms with van der Waals surface area (Å²) in [5, 5.41) is 0. The molecule has 0 aliphatic heterocycles. The van der Waals surface area contributed by atoms with Crippen molar-refractivity contribution >= 4 is 5.97 Å². The molecule has 0 aliphatic rings. The van der Waals surface area contributed by atoms with Crippen molar-refractivity contribution in [2.75, 3.05) is 14.2 Å². The van der Waals surface area contributed by atoms with Crippen molar-refractivity contribution in [1.29, 1.82) is 0 Å². The van der Waals surface area contributed by atoms with Crippen LogP contribution in [0.25, 0.3) is 0 Å². The molecule has 4 nitrogen and oxygen atoms in total. The van der Waals surface area contributed by atoms with Crippen LogP contribution in [0.4, 0.5) is 0 Å². The molecule has 0 unspecified atom stereocenters. The Bertz CT molecular complexity index is 371. The Labute approximate surface area is 95.5 Å². The first-order chi connectivity index (χ1) is 7.40. The topological polar surface area (TPSA) is 48.7 Å². The van der Waals surface area contributed by atoms with Gasteiger partial charge in [0.25, 0.3) is 0 Å². The van der Waals surface area contributed by atoms with Gasteiger partial charge in [-0.15, -0.1) is 0 Å². The zero-order chi connectivity index (χ0) is 12.3. The maximum Gasteiger partial charge on any atom is 0.341 e. The lowest BCUT2D eigenvalue weighted by Gasteiger charge is -2.13. The third-order valence-electron chi connectivity index (χ3n) is 2.23. The first-order valence-corrected chi connectivity index (χ1v) is 5.10. The Morgan fingerprint density at radius 2 is 2.00 bits per heavy atom. The van der Waals surface area contributed by atoms with Gasteiger partial charge < -0.3 is 13.9 Å². The van der Waals surface area contributed by atoms with E-state index in [4.69, 9.17) is 13.9 Å². The van der Waals surface area contributed by atoms with E-state index in [-0.39, 0.29) is 12.0 Å². The molecular formula is C12H18O4. The summed E-state index contributed by atoms with van der Waals surface area (Å²) in [7, 11) is 2.91. The second-order valence-corrected chi connectivity index (χ2v) is 4.62. The minimum absolute atomic E-state index is 0.144. The van der Waals surface area contributed by atoms with Gasteiger partial charge in [-0.25, -0.2) is 4.79 Å². The fourth-order valence-corrected chi connectivity index (χ4v) is 1.32. The molecule has 0 aliphatic carbocycles. The van der Waals surface area contributed by atoms with E-state index in [1.807, 2.05) is 20.8 Å². The average Bonchev–Trinajstić information content (AvgIpc) is 2.61. The zero-order valence-electron chi connectivity index (χ0n) is 10.4. The summed E-state index contributed by atoms with van der Waals surface area (Å²) in [6.45, 7) is 6.32. The molecule has 1 aromatic heterocycles. The lowest BCUT2D eigenvalue weighted by molar-refractivity contribution is 0.0592. The quantitative estimate of drug-likeness (QED) is 0.743. The molecule has 16 heavy (non-hydrogen) atoms. The number of hydrogen-bond acceptors (Lipinski definition) is 4. The molecule has 1 rings (SSSR count). The van der Waals surface area contributed by atoms with Crippen molar-refractivity contribution in [3.05, 3.63) is 23.2 Å². The number of ether oxygens (including phenoxy) is 2. The van der Waals surface area contributed by atoms with Gasteiger partial charge in [-0.2, -0.15) is 0 Å². The Morgan fingerprint density at radius 3 is 2.44 bits per heavy atom. The maximum atomic E-state index is 11.5. The van der Waals surface area contributed by atoms with Crippen LogP contribution >= 0.6 is 0 Å². The van der Waals surface area contributed by atoms with Crippen LogP contribution in [0.15, 0.2) is 10.5 Å². The highest BCUT2D eigenvalue weighted by Gasteiger charge is 2.24. The minimum atomic E-state index is -0.397. The Kier molecular flexibility index (Phi) is 3.75. The number of esters is 1. The van der Waals surface area contributed by atoms with E-state index < -0.39 is 5.97 Å². The SMILES string of the molecule is COCc1oc(C(C)(C)C)cc1C(=O)OC. The van der Waals surface area contributed by atoms with Gasteiger partial charge in [-0.1, -0.05) is 20.8 Å². The second kappa shape index (κ2) is 4.70. The van der Waals surface area contributed by atoms with Crippen molar-refractivity contribution in [1.82, 2.24) is 0 Å². The zero-order valence-corrected chi connectivity index (χ0v) is 10.4. The lowest BCUT2D eigenvalue weighted by Crippen LogP contribution is -2.09. The van der Waals surface area contributed by atoms with Crippen LogP contribution in [-0.2, 0) is 21.5 Å². The van der Waals surface area contributed by atoms with Crippen LogP contribution in [0.3, 0.4) is 0 Å². The molecule has 4 heteroatoms. The van der Waals surface area contributed by atoms with Gasteiger partial charge in [0.05, 0.1) is 7.11 Å². The lowest BCUT2D eigenvalue weighted by atomic mass is 9.93. The molecule has 0 fully saturated rings. The summed E-state index contributed by atoms with van der Waals surface area (Å²) in [5.74, 6) is 0.866. The molecule has 0 saturated carbocycles. The Balaban J connectivity index is 3.15. The van der Waals surface area contributed by atoms with E-state index in [2.05, 4.69) is 0 Å². The standard InChI is InChI=1S/C12H18O4/c1-12(2,3)10-6-8(11(13)15-5)9(16-10)7-14-4/h6H,7H2,1-5H3. The van der Waals surface area contributed by atoms with Crippen molar-refractivity contribution in [3.8, 4) is 0 Å². The Hall–Kier alpha value is -1.29. The fraction of sp³-hybridized carbons (Fsp3) is 0.583. The van der Waals surface area contributed by atoms with Gasteiger partial charge in [-0.3, -0.25) is 0 Å². The first-order valence-electron chi connectivity index (χ1n) is 5.10. The molecule has 0 radical (unpaired) electrons. The van der Waals surface area contributed by atoms with Crippen LogP contribution in [0.2, 0.25) is 0 Å². The molecule has 0 atom stereocenters. The van der Waals surface area contributed by atoms with Gasteiger partial charge in [0.15, 0.2) is 0 Å². The molecule has 0 aromatic carbocycles. The monoisotopic (exact) mass is 226 g/mol. The van der Waals surface area contributed by atoms with E-state index in [0.29, 0.717) is 11.3 Å². The summed E-state index contributed by atoms with van der Waals surface area (Å²) in [5.41, 5.74) is 0.295. The van der Waals surface area contributed by atoms with Crippen LogP contribution in [-0.4, -0.2) is 20.2 Å². The molecule has 0 saturated heterocycles. The van der Waals surface area contributed by atoms with Crippen molar-refractivity contribution in [3.63, 3.8) is 0 Å². The van der Waals surface area contributed by atoms with Gasteiger partial charge >= 0.3 is 5.97 Å². The molecule has 0 N–H and O–H groups in total. The molecular weight excluding hydrogens is 208 g/mol. The third kappa shape index (κ3) is 2.64. The Morgan fingerprint density at radius 1 is 1.38 bits per heavy atom. The normalized spacial score (nSPS) is 11.6. The van der Waals surface area contributed by atoms with Gasteiger partial charge in [0.2, 0.25) is 0 Å². The number of carbonyl (C=O) groups excluding carboxylic acids is 1. The smallest absolute Gasteiger partial charge is 0.341 e. The van der Waals surface area contributed by atoms with Crippen molar-refractivity contribution in [2.45, 2.75) is 32.8 Å². The number of methoxy groups -OCH3 is 2. The molecule has 0 spiro atoms. The molecule has 1 heterocycles. The van der Waals surface area contributed by atoms with E-state index in [0.717, 1.165) is 5.76 Å². The predicted molar refractivity (Wildman–Crippen MR) is 59.5 cm³/mol. The van der Waals surface area contributed by atoms with E-state index >= 15 is 0 Å². The van der Waals surface area contributed by atoms with Crippen molar-refractivity contribution in [2.24, 2.45) is 0 Å². The average molecular weight is 226 g/mol. The number of hydrogen-bond donors (Lipinski definition) is 0. The summed E-state index contributed by atoms with van der Waals surface area (Å²) >= 11 is 0. The van der Waals surface area contributed by atoms with Crippen molar-refractivity contribution < 1.29 is 18.7 Å². The number of furan rings is 1. The fourth-order valence-electron chi connectivity index (χ4n) is 1.32. The minimum Gasteiger partial charge on any atom is -0.465 e. The van der Waals surface area contributed by atoms with Crippen LogP contribution in [0.1, 0.15) is 42.6 Å². The predicted octanol–water partition coefficient (Wildman–Crippen LogP) is 2.51. The second-order valence-electron chi connectivity index (χ2n) is 4.62. The van der Waals surface area contributed by atoms with E-state index in [1.54, 1.807) is 13.2 Å². The summed E-state index contributed by atoms with van der Waals surface area (Å²) in [6, 6.07) is 1.72. The first kappa shape index (κ1) is 12.8. The molecule has 1 aromatic rings. The maximum absolute atomic E-state index is 11.5. The number of rotatable bonds is 3. The highest BCUT2D eigenvalue weighted by Crippen LogP contribution is 2.28. The van der Waals surface area contributed by atoms with Gasteiger partial charge in [0.1, 0.15) is 23.7 Å². The summed E-state index contributed by atoms with van der Waals surface area (Å²) in [6.07, 6.45) is 0. The molecule has 90 valence electrons. The highest BCUT2D eigenvalue weighted by molar-refractivity contribution is 5.90. The van der Waals surface area contributed by atoms with Crippen LogP contribution in [0.5, 0.6) is 0 Å². The van der Waals surface area contributed by atoms with E-state index in [1.165, 1.54) is 7.11 Å². The number of carbonyl (C=O) groups is 1. The highest BCUT2D eigenvalue weighted by atomic mass is 16.5. The third-order valence-corrected chi connectivity index (χ3v) is 2.23.